The molecule has 1 aliphatic rings. The van der Waals surface area contributed by atoms with Crippen LogP contribution in [0.4, 0.5) is 0 Å². The van der Waals surface area contributed by atoms with Crippen LogP contribution in [0.5, 0.6) is 0 Å². The smallest absolute Gasteiger partial charge is 0.0732 e. The summed E-state index contributed by atoms with van der Waals surface area (Å²) in [7, 11) is 0. The summed E-state index contributed by atoms with van der Waals surface area (Å²) in [5.74, 6) is 0. The van der Waals surface area contributed by atoms with Crippen molar-refractivity contribution in [3.8, 4) is 0 Å². The summed E-state index contributed by atoms with van der Waals surface area (Å²) in [6.45, 7) is 0.677. The highest BCUT2D eigenvalue weighted by Gasteiger charge is 2.21. The van der Waals surface area contributed by atoms with Crippen LogP contribution in [0.3, 0.4) is 0 Å². The van der Waals surface area contributed by atoms with Crippen molar-refractivity contribution in [1.82, 2.24) is 0 Å². The second-order valence-corrected chi connectivity index (χ2v) is 6.95. The van der Waals surface area contributed by atoms with Gasteiger partial charge in [0, 0.05) is 8.04 Å². The number of rotatable bonds is 3. The first-order valence-electron chi connectivity index (χ1n) is 6.34. The molecule has 3 heteroatoms. The lowest BCUT2D eigenvalue weighted by Gasteiger charge is -2.12. The third-order valence-electron chi connectivity index (χ3n) is 3.50. The van der Waals surface area contributed by atoms with Gasteiger partial charge in [0.05, 0.1) is 12.7 Å². The molecule has 0 amide bonds. The number of hydrogen-bond acceptors (Lipinski definition) is 1. The molecule has 0 saturated carbocycles. The average molecular weight is 429 g/mol. The maximum atomic E-state index is 6.07. The highest BCUT2D eigenvalue weighted by Crippen LogP contribution is 2.26. The molecule has 1 nitrogen and oxygen atoms in total. The summed E-state index contributed by atoms with van der Waals surface area (Å²) in [4.78, 5) is 0. The van der Waals surface area contributed by atoms with Gasteiger partial charge in [-0.1, -0.05) is 40.2 Å². The number of hydrogen-bond donors (Lipinski definition) is 0. The summed E-state index contributed by atoms with van der Waals surface area (Å²) in [5, 5.41) is 0. The van der Waals surface area contributed by atoms with Gasteiger partial charge >= 0.3 is 0 Å². The Kier molecular flexibility index (Phi) is 4.24. The van der Waals surface area contributed by atoms with Crippen molar-refractivity contribution in [3.05, 3.63) is 67.2 Å². The third kappa shape index (κ3) is 3.20. The Morgan fingerprint density at radius 1 is 1.11 bits per heavy atom. The van der Waals surface area contributed by atoms with Crippen LogP contribution in [0.1, 0.15) is 16.7 Å². The highest BCUT2D eigenvalue weighted by atomic mass is 127. The molecule has 0 heterocycles. The van der Waals surface area contributed by atoms with Gasteiger partial charge in [-0.05, 0) is 70.3 Å². The standard InChI is InChI=1S/C16H14BrIO/c17-16-6-5-14(18)7-13(16)10-19-15-8-11-3-1-2-4-12(11)9-15/h1-7,15H,8-10H2. The van der Waals surface area contributed by atoms with Gasteiger partial charge in [-0.2, -0.15) is 0 Å². The Morgan fingerprint density at radius 2 is 1.79 bits per heavy atom. The van der Waals surface area contributed by atoms with E-state index in [1.54, 1.807) is 0 Å². The van der Waals surface area contributed by atoms with E-state index in [2.05, 4.69) is 81.0 Å². The molecule has 1 aliphatic carbocycles. The minimum atomic E-state index is 0.321. The Bertz CT molecular complexity index is 572. The van der Waals surface area contributed by atoms with Gasteiger partial charge in [0.2, 0.25) is 0 Å². The molecular formula is C16H14BrIO. The molecule has 0 unspecified atom stereocenters. The number of fused-ring (bicyclic) bond motifs is 1. The quantitative estimate of drug-likeness (QED) is 0.641. The van der Waals surface area contributed by atoms with Gasteiger partial charge in [-0.25, -0.2) is 0 Å². The lowest BCUT2D eigenvalue weighted by Crippen LogP contribution is -2.12. The molecular weight excluding hydrogens is 415 g/mol. The van der Waals surface area contributed by atoms with E-state index in [1.165, 1.54) is 20.3 Å². The van der Waals surface area contributed by atoms with Crippen molar-refractivity contribution in [1.29, 1.82) is 0 Å². The maximum absolute atomic E-state index is 6.07. The van der Waals surface area contributed by atoms with Crippen LogP contribution in [-0.2, 0) is 24.2 Å². The molecule has 19 heavy (non-hydrogen) atoms. The SMILES string of the molecule is Brc1ccc(I)cc1COC1Cc2ccccc2C1. The van der Waals surface area contributed by atoms with Gasteiger partial charge in [0.1, 0.15) is 0 Å². The van der Waals surface area contributed by atoms with Crippen LogP contribution in [-0.4, -0.2) is 6.10 Å². The van der Waals surface area contributed by atoms with Crippen molar-refractivity contribution >= 4 is 38.5 Å². The summed E-state index contributed by atoms with van der Waals surface area (Å²) < 4.78 is 8.45. The zero-order valence-corrected chi connectivity index (χ0v) is 14.1. The van der Waals surface area contributed by atoms with E-state index in [-0.39, 0.29) is 0 Å². The zero-order valence-electron chi connectivity index (χ0n) is 10.4. The molecule has 0 aliphatic heterocycles. The van der Waals surface area contributed by atoms with E-state index in [4.69, 9.17) is 4.74 Å². The van der Waals surface area contributed by atoms with Gasteiger partial charge < -0.3 is 4.74 Å². The Balaban J connectivity index is 1.64. The van der Waals surface area contributed by atoms with Crippen molar-refractivity contribution in [2.24, 2.45) is 0 Å². The molecule has 98 valence electrons. The van der Waals surface area contributed by atoms with E-state index in [1.807, 2.05) is 0 Å². The first kappa shape index (κ1) is 13.6. The van der Waals surface area contributed by atoms with E-state index in [9.17, 15) is 0 Å². The van der Waals surface area contributed by atoms with Crippen LogP contribution in [0.2, 0.25) is 0 Å². The topological polar surface area (TPSA) is 9.23 Å². The molecule has 0 fully saturated rings. The second-order valence-electron chi connectivity index (χ2n) is 4.85. The normalized spacial score (nSPS) is 14.6. The molecule has 0 bridgehead atoms. The summed E-state index contributed by atoms with van der Waals surface area (Å²) in [5.41, 5.74) is 4.10. The minimum Gasteiger partial charge on any atom is -0.373 e. The van der Waals surface area contributed by atoms with Crippen LogP contribution in [0.15, 0.2) is 46.9 Å². The van der Waals surface area contributed by atoms with Crippen molar-refractivity contribution in [3.63, 3.8) is 0 Å². The molecule has 0 aromatic heterocycles. The first-order valence-corrected chi connectivity index (χ1v) is 8.22. The average Bonchev–Trinajstić information content (AvgIpc) is 2.82. The van der Waals surface area contributed by atoms with Gasteiger partial charge in [-0.3, -0.25) is 0 Å². The number of ether oxygens (including phenoxy) is 1. The minimum absolute atomic E-state index is 0.321. The van der Waals surface area contributed by atoms with E-state index in [0.29, 0.717) is 12.7 Å². The molecule has 2 aromatic rings. The Morgan fingerprint density at radius 3 is 2.47 bits per heavy atom. The molecule has 0 atom stereocenters. The van der Waals surface area contributed by atoms with Crippen LogP contribution >= 0.6 is 38.5 Å². The first-order chi connectivity index (χ1) is 9.22. The lowest BCUT2D eigenvalue weighted by atomic mass is 10.1. The molecule has 2 aromatic carbocycles. The summed E-state index contributed by atoms with van der Waals surface area (Å²) >= 11 is 5.92. The lowest BCUT2D eigenvalue weighted by molar-refractivity contribution is 0.0476. The summed E-state index contributed by atoms with van der Waals surface area (Å²) in [6, 6.07) is 15.0. The molecule has 3 rings (SSSR count). The third-order valence-corrected chi connectivity index (χ3v) is 4.94. The Hall–Kier alpha value is -0.390. The van der Waals surface area contributed by atoms with E-state index < -0.39 is 0 Å². The predicted octanol–water partition coefficient (Wildman–Crippen LogP) is 4.74. The van der Waals surface area contributed by atoms with Crippen molar-refractivity contribution in [2.45, 2.75) is 25.6 Å². The monoisotopic (exact) mass is 428 g/mol. The summed E-state index contributed by atoms with van der Waals surface area (Å²) in [6.07, 6.45) is 2.40. The molecule has 0 spiro atoms. The fraction of sp³-hybridized carbons (Fsp3) is 0.250. The van der Waals surface area contributed by atoms with Crippen LogP contribution in [0.25, 0.3) is 0 Å². The predicted molar refractivity (Wildman–Crippen MR) is 89.3 cm³/mol. The van der Waals surface area contributed by atoms with Crippen molar-refractivity contribution < 1.29 is 4.74 Å². The zero-order chi connectivity index (χ0) is 13.2. The highest BCUT2D eigenvalue weighted by molar-refractivity contribution is 14.1. The fourth-order valence-corrected chi connectivity index (χ4v) is 3.41. The van der Waals surface area contributed by atoms with Gasteiger partial charge in [0.15, 0.2) is 0 Å². The van der Waals surface area contributed by atoms with Gasteiger partial charge in [-0.15, -0.1) is 0 Å². The maximum Gasteiger partial charge on any atom is 0.0732 e. The fourth-order valence-electron chi connectivity index (χ4n) is 2.50. The number of benzene rings is 2. The van der Waals surface area contributed by atoms with Crippen LogP contribution < -0.4 is 0 Å². The largest absolute Gasteiger partial charge is 0.373 e. The second kappa shape index (κ2) is 5.94. The van der Waals surface area contributed by atoms with E-state index in [0.717, 1.165) is 17.3 Å². The molecule has 0 saturated heterocycles. The molecule has 0 N–H and O–H groups in total. The van der Waals surface area contributed by atoms with Crippen molar-refractivity contribution in [2.75, 3.05) is 0 Å². The van der Waals surface area contributed by atoms with Gasteiger partial charge in [0.25, 0.3) is 0 Å². The molecule has 0 radical (unpaired) electrons. The van der Waals surface area contributed by atoms with E-state index >= 15 is 0 Å². The van der Waals surface area contributed by atoms with Crippen LogP contribution in [0, 0.1) is 3.57 Å². The Labute approximate surface area is 135 Å². The number of halogens is 2.